The third-order valence-corrected chi connectivity index (χ3v) is 1.59. The minimum atomic E-state index is -0.0648. The maximum Gasteiger partial charge on any atom is 0.154 e. The molecule has 0 heterocycles. The van der Waals surface area contributed by atoms with Gasteiger partial charge in [-0.25, -0.2) is 0 Å². The van der Waals surface area contributed by atoms with Gasteiger partial charge in [-0.3, -0.25) is 0 Å². The Bertz CT molecular complexity index is 114. The van der Waals surface area contributed by atoms with Crippen molar-refractivity contribution in [2.45, 2.75) is 26.1 Å². The van der Waals surface area contributed by atoms with Gasteiger partial charge in [0.1, 0.15) is 6.29 Å². The smallest absolute Gasteiger partial charge is 0.154 e. The van der Waals surface area contributed by atoms with Crippen LogP contribution in [-0.4, -0.2) is 52.3 Å². The summed E-state index contributed by atoms with van der Waals surface area (Å²) in [6.07, 6.45) is 2.57. The maximum atomic E-state index is 9.77. The van der Waals surface area contributed by atoms with Crippen molar-refractivity contribution >= 4 is 6.29 Å². The van der Waals surface area contributed by atoms with Gasteiger partial charge >= 0.3 is 0 Å². The molecule has 4 heteroatoms. The van der Waals surface area contributed by atoms with E-state index in [9.17, 15) is 4.79 Å². The van der Waals surface area contributed by atoms with Gasteiger partial charge in [0.15, 0.2) is 6.29 Å². The van der Waals surface area contributed by atoms with E-state index in [1.54, 1.807) is 14.2 Å². The number of rotatable bonds is 6. The van der Waals surface area contributed by atoms with Crippen molar-refractivity contribution in [3.8, 4) is 0 Å². The Morgan fingerprint density at radius 2 is 1.79 bits per heavy atom. The predicted molar refractivity (Wildman–Crippen MR) is 57.3 cm³/mol. The monoisotopic (exact) mass is 205 g/mol. The van der Waals surface area contributed by atoms with Crippen molar-refractivity contribution in [1.82, 2.24) is 4.90 Å². The molecule has 0 aromatic rings. The molecule has 0 N–H and O–H groups in total. The lowest BCUT2D eigenvalue weighted by Gasteiger charge is -2.05. The summed E-state index contributed by atoms with van der Waals surface area (Å²) in [5.41, 5.74) is 0. The molecule has 0 aromatic carbocycles. The molecule has 0 unspecified atom stereocenters. The number of ether oxygens (including phenoxy) is 2. The van der Waals surface area contributed by atoms with Crippen LogP contribution in [-0.2, 0) is 14.3 Å². The first-order chi connectivity index (χ1) is 6.58. The lowest BCUT2D eigenvalue weighted by atomic mass is 10.3. The summed E-state index contributed by atoms with van der Waals surface area (Å²) in [7, 11) is 7.22. The van der Waals surface area contributed by atoms with E-state index in [-0.39, 0.29) is 6.29 Å². The Morgan fingerprint density at radius 3 is 2.00 bits per heavy atom. The van der Waals surface area contributed by atoms with Crippen LogP contribution in [0.2, 0.25) is 0 Å². The van der Waals surface area contributed by atoms with Crippen LogP contribution in [0.4, 0.5) is 0 Å². The molecule has 0 aliphatic heterocycles. The highest BCUT2D eigenvalue weighted by Gasteiger charge is 1.88. The maximum absolute atomic E-state index is 9.77. The van der Waals surface area contributed by atoms with E-state index in [2.05, 4.69) is 14.4 Å². The molecule has 0 saturated carbocycles. The first kappa shape index (κ1) is 16.0. The van der Waals surface area contributed by atoms with Crippen molar-refractivity contribution in [1.29, 1.82) is 0 Å². The number of carbonyl (C=O) groups excluding carboxylic acids is 1. The molecule has 4 nitrogen and oxygen atoms in total. The van der Waals surface area contributed by atoms with Crippen molar-refractivity contribution < 1.29 is 14.3 Å². The molecule has 0 rings (SSSR count). The Kier molecular flexibility index (Phi) is 14.3. The van der Waals surface area contributed by atoms with E-state index in [0.29, 0.717) is 6.42 Å². The molecule has 0 aliphatic carbocycles. The molecule has 0 bridgehead atoms. The topological polar surface area (TPSA) is 38.8 Å². The average molecular weight is 205 g/mol. The Balaban J connectivity index is 0. The fourth-order valence-corrected chi connectivity index (χ4v) is 0.587. The molecule has 0 fully saturated rings. The third-order valence-electron chi connectivity index (χ3n) is 1.59. The standard InChI is InChI=1S/C6H13NO.C4H10O2/c1-7(2)5-3-4-6-8;1-4(5-2)6-3/h6H,3-5H2,1-2H3;4H,1-3H3. The van der Waals surface area contributed by atoms with E-state index in [1.807, 2.05) is 21.0 Å². The average Bonchev–Trinajstić information content (AvgIpc) is 2.17. The second kappa shape index (κ2) is 12.6. The second-order valence-electron chi connectivity index (χ2n) is 3.15. The summed E-state index contributed by atoms with van der Waals surface area (Å²) >= 11 is 0. The molecule has 86 valence electrons. The summed E-state index contributed by atoms with van der Waals surface area (Å²) in [6, 6.07) is 0. The number of hydrogen-bond donors (Lipinski definition) is 0. The molecule has 0 radical (unpaired) electrons. The van der Waals surface area contributed by atoms with Crippen LogP contribution in [0.1, 0.15) is 19.8 Å². The van der Waals surface area contributed by atoms with Gasteiger partial charge in [0.2, 0.25) is 0 Å². The van der Waals surface area contributed by atoms with Crippen LogP contribution in [0.5, 0.6) is 0 Å². The number of aldehydes is 1. The molecule has 0 amide bonds. The zero-order valence-electron chi connectivity index (χ0n) is 9.95. The molecular formula is C10H23NO3. The summed E-state index contributed by atoms with van der Waals surface area (Å²) in [4.78, 5) is 11.8. The molecule has 0 aliphatic rings. The van der Waals surface area contributed by atoms with E-state index in [1.165, 1.54) is 0 Å². The number of hydrogen-bond acceptors (Lipinski definition) is 4. The zero-order chi connectivity index (χ0) is 11.4. The summed E-state index contributed by atoms with van der Waals surface area (Å²) < 4.78 is 9.35. The fourth-order valence-electron chi connectivity index (χ4n) is 0.587. The molecule has 14 heavy (non-hydrogen) atoms. The minimum absolute atomic E-state index is 0.0648. The molecular weight excluding hydrogens is 182 g/mol. The minimum Gasteiger partial charge on any atom is -0.356 e. The van der Waals surface area contributed by atoms with Crippen molar-refractivity contribution in [3.05, 3.63) is 0 Å². The highest BCUT2D eigenvalue weighted by Crippen LogP contribution is 1.85. The second-order valence-corrected chi connectivity index (χ2v) is 3.15. The van der Waals surface area contributed by atoms with Crippen LogP contribution in [0.3, 0.4) is 0 Å². The Labute approximate surface area is 87.2 Å². The van der Waals surface area contributed by atoms with Crippen LogP contribution in [0.15, 0.2) is 0 Å². The number of unbranched alkanes of at least 4 members (excludes halogenated alkanes) is 1. The highest BCUT2D eigenvalue weighted by molar-refractivity contribution is 5.48. The summed E-state index contributed by atoms with van der Waals surface area (Å²) in [5.74, 6) is 0. The number of nitrogens with zero attached hydrogens (tertiary/aromatic N) is 1. The van der Waals surface area contributed by atoms with Crippen LogP contribution in [0, 0.1) is 0 Å². The van der Waals surface area contributed by atoms with Crippen LogP contribution < -0.4 is 0 Å². The molecule has 0 saturated heterocycles. The fraction of sp³-hybridized carbons (Fsp3) is 0.900. The largest absolute Gasteiger partial charge is 0.356 e. The first-order valence-electron chi connectivity index (χ1n) is 4.72. The lowest BCUT2D eigenvalue weighted by Crippen LogP contribution is -2.12. The quantitative estimate of drug-likeness (QED) is 0.370. The lowest BCUT2D eigenvalue weighted by molar-refractivity contribution is -0.107. The summed E-state index contributed by atoms with van der Waals surface area (Å²) in [6.45, 7) is 2.85. The van der Waals surface area contributed by atoms with Gasteiger partial charge in [0.05, 0.1) is 0 Å². The van der Waals surface area contributed by atoms with E-state index in [4.69, 9.17) is 0 Å². The van der Waals surface area contributed by atoms with Gasteiger partial charge in [-0.2, -0.15) is 0 Å². The SMILES string of the molecule is CN(C)CCCC=O.COC(C)OC. The van der Waals surface area contributed by atoms with E-state index >= 15 is 0 Å². The number of carbonyl (C=O) groups is 1. The number of methoxy groups -OCH3 is 2. The van der Waals surface area contributed by atoms with Crippen LogP contribution >= 0.6 is 0 Å². The third kappa shape index (κ3) is 17.6. The van der Waals surface area contributed by atoms with E-state index < -0.39 is 0 Å². The van der Waals surface area contributed by atoms with Gasteiger partial charge in [-0.15, -0.1) is 0 Å². The predicted octanol–water partition coefficient (Wildman–Crippen LogP) is 1.15. The molecule has 0 aromatic heterocycles. The van der Waals surface area contributed by atoms with Crippen LogP contribution in [0.25, 0.3) is 0 Å². The van der Waals surface area contributed by atoms with Gasteiger partial charge in [-0.1, -0.05) is 0 Å². The van der Waals surface area contributed by atoms with Gasteiger partial charge in [-0.05, 0) is 34.0 Å². The van der Waals surface area contributed by atoms with Crippen molar-refractivity contribution in [2.24, 2.45) is 0 Å². The van der Waals surface area contributed by atoms with Gasteiger partial charge in [0, 0.05) is 20.6 Å². The van der Waals surface area contributed by atoms with Crippen molar-refractivity contribution in [3.63, 3.8) is 0 Å². The normalized spacial score (nSPS) is 9.93. The molecule has 0 spiro atoms. The Morgan fingerprint density at radius 1 is 1.29 bits per heavy atom. The summed E-state index contributed by atoms with van der Waals surface area (Å²) in [5, 5.41) is 0. The molecule has 0 atom stereocenters. The highest BCUT2D eigenvalue weighted by atomic mass is 16.7. The Hall–Kier alpha value is -0.450. The van der Waals surface area contributed by atoms with E-state index in [0.717, 1.165) is 19.3 Å². The van der Waals surface area contributed by atoms with Crippen molar-refractivity contribution in [2.75, 3.05) is 34.9 Å². The van der Waals surface area contributed by atoms with Gasteiger partial charge < -0.3 is 19.2 Å². The van der Waals surface area contributed by atoms with Gasteiger partial charge in [0.25, 0.3) is 0 Å². The first-order valence-corrected chi connectivity index (χ1v) is 4.72. The zero-order valence-corrected chi connectivity index (χ0v) is 9.95.